The zero-order chi connectivity index (χ0) is 17.2. The average Bonchev–Trinajstić information content (AvgIpc) is 3.06. The molecule has 0 radical (unpaired) electrons. The fourth-order valence-electron chi connectivity index (χ4n) is 3.43. The summed E-state index contributed by atoms with van der Waals surface area (Å²) >= 11 is 0. The smallest absolute Gasteiger partial charge is 0.227 e. The molecular formula is C20H21N3O2. The van der Waals surface area contributed by atoms with E-state index in [1.54, 1.807) is 12.1 Å². The molecule has 2 N–H and O–H groups in total. The van der Waals surface area contributed by atoms with E-state index in [4.69, 9.17) is 0 Å². The van der Waals surface area contributed by atoms with Gasteiger partial charge in [0.2, 0.25) is 5.91 Å². The number of H-pyrrole nitrogens is 1. The van der Waals surface area contributed by atoms with Gasteiger partial charge < -0.3 is 19.9 Å². The van der Waals surface area contributed by atoms with Gasteiger partial charge in [-0.3, -0.25) is 4.79 Å². The highest BCUT2D eigenvalue weighted by Gasteiger charge is 2.22. The minimum absolute atomic E-state index is 0.176. The molecule has 1 saturated heterocycles. The van der Waals surface area contributed by atoms with Crippen LogP contribution in [0.2, 0.25) is 0 Å². The summed E-state index contributed by atoms with van der Waals surface area (Å²) in [5, 5.41) is 10.5. The van der Waals surface area contributed by atoms with Crippen LogP contribution in [-0.2, 0) is 11.2 Å². The number of aromatic amines is 1. The van der Waals surface area contributed by atoms with Crippen LogP contribution in [0, 0.1) is 0 Å². The van der Waals surface area contributed by atoms with Crippen LogP contribution in [0.5, 0.6) is 5.75 Å². The number of piperazine rings is 1. The Balaban J connectivity index is 1.39. The first-order valence-corrected chi connectivity index (χ1v) is 8.57. The van der Waals surface area contributed by atoms with E-state index in [2.05, 4.69) is 16.0 Å². The van der Waals surface area contributed by atoms with Crippen LogP contribution in [0.25, 0.3) is 10.9 Å². The summed E-state index contributed by atoms with van der Waals surface area (Å²) in [6.45, 7) is 3.07. The molecule has 0 aliphatic carbocycles. The van der Waals surface area contributed by atoms with E-state index in [1.807, 2.05) is 41.4 Å². The molecule has 1 aliphatic rings. The summed E-state index contributed by atoms with van der Waals surface area (Å²) < 4.78 is 0. The first-order valence-electron chi connectivity index (χ1n) is 8.57. The van der Waals surface area contributed by atoms with Crippen molar-refractivity contribution in [3.63, 3.8) is 0 Å². The number of aromatic nitrogens is 1. The number of para-hydroxylation sites is 1. The Morgan fingerprint density at radius 3 is 2.48 bits per heavy atom. The lowest BCUT2D eigenvalue weighted by Gasteiger charge is -2.36. The van der Waals surface area contributed by atoms with Crippen molar-refractivity contribution in [2.24, 2.45) is 0 Å². The van der Waals surface area contributed by atoms with Crippen molar-refractivity contribution in [3.8, 4) is 5.75 Å². The Morgan fingerprint density at radius 2 is 1.72 bits per heavy atom. The Bertz CT molecular complexity index is 877. The normalized spacial score (nSPS) is 14.9. The maximum absolute atomic E-state index is 12.7. The summed E-state index contributed by atoms with van der Waals surface area (Å²) in [5.74, 6) is 0.450. The van der Waals surface area contributed by atoms with E-state index >= 15 is 0 Å². The third kappa shape index (κ3) is 3.18. The molecule has 5 nitrogen and oxygen atoms in total. The Kier molecular flexibility index (Phi) is 4.06. The number of hydrogen-bond donors (Lipinski definition) is 2. The molecule has 4 rings (SSSR count). The van der Waals surface area contributed by atoms with E-state index < -0.39 is 0 Å². The van der Waals surface area contributed by atoms with Gasteiger partial charge in [-0.25, -0.2) is 0 Å². The second-order valence-corrected chi connectivity index (χ2v) is 6.42. The van der Waals surface area contributed by atoms with Gasteiger partial charge in [0.1, 0.15) is 5.75 Å². The first-order chi connectivity index (χ1) is 12.2. The summed E-state index contributed by atoms with van der Waals surface area (Å²) in [6.07, 6.45) is 2.37. The number of aromatic hydroxyl groups is 1. The zero-order valence-electron chi connectivity index (χ0n) is 14.0. The van der Waals surface area contributed by atoms with Crippen LogP contribution >= 0.6 is 0 Å². The van der Waals surface area contributed by atoms with Crippen LogP contribution in [-0.4, -0.2) is 47.1 Å². The summed E-state index contributed by atoms with van der Waals surface area (Å²) in [7, 11) is 0. The number of nitrogens with one attached hydrogen (secondary N) is 1. The lowest BCUT2D eigenvalue weighted by molar-refractivity contribution is -0.130. The molecule has 128 valence electrons. The van der Waals surface area contributed by atoms with E-state index in [0.717, 1.165) is 48.3 Å². The number of benzene rings is 2. The SMILES string of the molecule is O=C(Cc1c[nH]c2ccccc12)N1CCN(c2ccc(O)cc2)CC1. The molecule has 0 bridgehead atoms. The van der Waals surface area contributed by atoms with Crippen LogP contribution in [0.4, 0.5) is 5.69 Å². The van der Waals surface area contributed by atoms with Gasteiger partial charge >= 0.3 is 0 Å². The molecule has 0 spiro atoms. The average molecular weight is 335 g/mol. The molecule has 1 aliphatic heterocycles. The predicted molar refractivity (Wildman–Crippen MR) is 98.9 cm³/mol. The van der Waals surface area contributed by atoms with Crippen molar-refractivity contribution in [1.82, 2.24) is 9.88 Å². The summed E-state index contributed by atoms with van der Waals surface area (Å²) in [4.78, 5) is 20.1. The number of fused-ring (bicyclic) bond motifs is 1. The predicted octanol–water partition coefficient (Wildman–Crippen LogP) is 2.76. The number of rotatable bonds is 3. The van der Waals surface area contributed by atoms with Gasteiger partial charge in [0.25, 0.3) is 0 Å². The monoisotopic (exact) mass is 335 g/mol. The number of nitrogens with zero attached hydrogens (tertiary/aromatic N) is 2. The molecule has 5 heteroatoms. The number of phenolic OH excluding ortho intramolecular Hbond substituents is 1. The molecule has 1 fully saturated rings. The molecule has 2 heterocycles. The highest BCUT2D eigenvalue weighted by atomic mass is 16.3. The molecule has 0 saturated carbocycles. The van der Waals surface area contributed by atoms with E-state index in [9.17, 15) is 9.90 Å². The molecule has 0 unspecified atom stereocenters. The number of phenols is 1. The van der Waals surface area contributed by atoms with Crippen molar-refractivity contribution >= 4 is 22.5 Å². The molecule has 1 amide bonds. The minimum atomic E-state index is 0.176. The van der Waals surface area contributed by atoms with E-state index in [-0.39, 0.29) is 11.7 Å². The number of carbonyl (C=O) groups excluding carboxylic acids is 1. The molecular weight excluding hydrogens is 314 g/mol. The standard InChI is InChI=1S/C20H21N3O2/c24-17-7-5-16(6-8-17)22-9-11-23(12-10-22)20(25)13-15-14-21-19-4-2-1-3-18(15)19/h1-8,14,21,24H,9-13H2. The van der Waals surface area contributed by atoms with Crippen LogP contribution in [0.1, 0.15) is 5.56 Å². The van der Waals surface area contributed by atoms with Crippen LogP contribution < -0.4 is 4.90 Å². The summed E-state index contributed by atoms with van der Waals surface area (Å²) in [5.41, 5.74) is 3.21. The first kappa shape index (κ1) is 15.6. The second-order valence-electron chi connectivity index (χ2n) is 6.42. The van der Waals surface area contributed by atoms with Crippen LogP contribution in [0.15, 0.2) is 54.7 Å². The minimum Gasteiger partial charge on any atom is -0.508 e. The maximum atomic E-state index is 12.7. The molecule has 1 aromatic heterocycles. The number of anilines is 1. The van der Waals surface area contributed by atoms with Crippen molar-refractivity contribution in [2.45, 2.75) is 6.42 Å². The zero-order valence-corrected chi connectivity index (χ0v) is 14.0. The summed E-state index contributed by atoms with van der Waals surface area (Å²) in [6, 6.07) is 15.3. The lowest BCUT2D eigenvalue weighted by atomic mass is 10.1. The highest BCUT2D eigenvalue weighted by Crippen LogP contribution is 2.21. The van der Waals surface area contributed by atoms with Crippen molar-refractivity contribution in [1.29, 1.82) is 0 Å². The van der Waals surface area contributed by atoms with Crippen molar-refractivity contribution in [2.75, 3.05) is 31.1 Å². The third-order valence-corrected chi connectivity index (χ3v) is 4.86. The van der Waals surface area contributed by atoms with Gasteiger partial charge in [-0.1, -0.05) is 18.2 Å². The lowest BCUT2D eigenvalue weighted by Crippen LogP contribution is -2.49. The molecule has 0 atom stereocenters. The Labute approximate surface area is 146 Å². The van der Waals surface area contributed by atoms with E-state index in [1.165, 1.54) is 0 Å². The van der Waals surface area contributed by atoms with Gasteiger partial charge in [-0.2, -0.15) is 0 Å². The molecule has 25 heavy (non-hydrogen) atoms. The van der Waals surface area contributed by atoms with Crippen molar-refractivity contribution in [3.05, 3.63) is 60.3 Å². The largest absolute Gasteiger partial charge is 0.508 e. The second kappa shape index (κ2) is 6.51. The fourth-order valence-corrected chi connectivity index (χ4v) is 3.43. The molecule has 3 aromatic rings. The highest BCUT2D eigenvalue weighted by molar-refractivity contribution is 5.89. The number of hydrogen-bond acceptors (Lipinski definition) is 3. The maximum Gasteiger partial charge on any atom is 0.227 e. The van der Waals surface area contributed by atoms with Gasteiger partial charge in [-0.15, -0.1) is 0 Å². The number of carbonyl (C=O) groups is 1. The Morgan fingerprint density at radius 1 is 1.00 bits per heavy atom. The van der Waals surface area contributed by atoms with Crippen LogP contribution in [0.3, 0.4) is 0 Å². The number of amides is 1. The Hall–Kier alpha value is -2.95. The van der Waals surface area contributed by atoms with Gasteiger partial charge in [0.05, 0.1) is 6.42 Å². The van der Waals surface area contributed by atoms with Gasteiger partial charge in [-0.05, 0) is 35.9 Å². The van der Waals surface area contributed by atoms with Gasteiger partial charge in [0, 0.05) is 49.0 Å². The van der Waals surface area contributed by atoms with Crippen molar-refractivity contribution < 1.29 is 9.90 Å². The quantitative estimate of drug-likeness (QED) is 0.774. The third-order valence-electron chi connectivity index (χ3n) is 4.86. The molecule has 2 aromatic carbocycles. The van der Waals surface area contributed by atoms with E-state index in [0.29, 0.717) is 6.42 Å². The van der Waals surface area contributed by atoms with Gasteiger partial charge in [0.15, 0.2) is 0 Å². The fraction of sp³-hybridized carbons (Fsp3) is 0.250. The topological polar surface area (TPSA) is 59.6 Å².